The highest BCUT2D eigenvalue weighted by atomic mass is 32.1. The van der Waals surface area contributed by atoms with E-state index in [1.807, 2.05) is 25.3 Å². The molecule has 2 N–H and O–H groups in total. The minimum atomic E-state index is -0.322. The smallest absolute Gasteiger partial charge is 0.350 e. The van der Waals surface area contributed by atoms with Gasteiger partial charge in [-0.1, -0.05) is 6.92 Å². The molecule has 0 bridgehead atoms. The van der Waals surface area contributed by atoms with Crippen LogP contribution in [0.2, 0.25) is 0 Å². The van der Waals surface area contributed by atoms with E-state index in [4.69, 9.17) is 4.74 Å². The number of rotatable bonds is 9. The first-order valence-electron chi connectivity index (χ1n) is 9.56. The number of nitrogens with one attached hydrogen (secondary N) is 2. The maximum absolute atomic E-state index is 12.0. The Balaban J connectivity index is 2.02. The van der Waals surface area contributed by atoms with Gasteiger partial charge in [0.25, 0.3) is 0 Å². The molecule has 0 radical (unpaired) electrons. The van der Waals surface area contributed by atoms with Crippen LogP contribution in [0.3, 0.4) is 0 Å². The van der Waals surface area contributed by atoms with E-state index in [-0.39, 0.29) is 12.0 Å². The van der Waals surface area contributed by atoms with Gasteiger partial charge in [0.1, 0.15) is 22.0 Å². The molecule has 2 aromatic heterocycles. The number of hydrogen-bond acceptors (Lipinski definition) is 7. The number of carbonyl (C=O) groups excluding carboxylic acids is 1. The summed E-state index contributed by atoms with van der Waals surface area (Å²) in [6.07, 6.45) is 2.57. The second kappa shape index (κ2) is 10.7. The average molecular weight is 408 g/mol. The molecule has 0 aliphatic rings. The van der Waals surface area contributed by atoms with Gasteiger partial charge >= 0.3 is 5.97 Å². The van der Waals surface area contributed by atoms with Gasteiger partial charge in [-0.15, -0.1) is 21.5 Å². The van der Waals surface area contributed by atoms with Crippen molar-refractivity contribution < 1.29 is 9.53 Å². The summed E-state index contributed by atoms with van der Waals surface area (Å²) >= 11 is 1.35. The molecule has 2 rings (SSSR count). The number of esters is 1. The van der Waals surface area contributed by atoms with Crippen molar-refractivity contribution in [2.45, 2.75) is 53.6 Å². The SMILES string of the molecule is CCNC(=NCCn1cnnc1CC)NC(C)c1nc(C)c(C(=O)OCC)s1. The fourth-order valence-corrected chi connectivity index (χ4v) is 3.55. The summed E-state index contributed by atoms with van der Waals surface area (Å²) in [7, 11) is 0. The lowest BCUT2D eigenvalue weighted by Gasteiger charge is -2.16. The highest BCUT2D eigenvalue weighted by Gasteiger charge is 2.20. The minimum Gasteiger partial charge on any atom is -0.462 e. The van der Waals surface area contributed by atoms with Gasteiger partial charge < -0.3 is 19.9 Å². The third-order valence-corrected chi connectivity index (χ3v) is 5.28. The molecular formula is C18H29N7O2S. The van der Waals surface area contributed by atoms with Crippen molar-refractivity contribution in [1.29, 1.82) is 0 Å². The number of aromatic nitrogens is 4. The lowest BCUT2D eigenvalue weighted by molar-refractivity contribution is 0.0531. The second-order valence-electron chi connectivity index (χ2n) is 6.11. The standard InChI is InChI=1S/C18H29N7O2S/c1-6-14-24-21-11-25(14)10-9-20-18(19-7-2)23-13(5)16-22-12(4)15(28-16)17(26)27-8-3/h11,13H,6-10H2,1-5H3,(H2,19,20,23). The fraction of sp³-hybridized carbons (Fsp3) is 0.611. The Morgan fingerprint density at radius 2 is 2.18 bits per heavy atom. The summed E-state index contributed by atoms with van der Waals surface area (Å²) in [6.45, 7) is 12.1. The number of guanidine groups is 1. The molecule has 0 spiro atoms. The Labute approximate surface area is 169 Å². The number of hydrogen-bond donors (Lipinski definition) is 2. The number of thiazole rings is 1. The summed E-state index contributed by atoms with van der Waals surface area (Å²) in [5.41, 5.74) is 0.689. The van der Waals surface area contributed by atoms with E-state index in [2.05, 4.69) is 37.7 Å². The monoisotopic (exact) mass is 407 g/mol. The van der Waals surface area contributed by atoms with Crippen molar-refractivity contribution in [1.82, 2.24) is 30.4 Å². The fourth-order valence-electron chi connectivity index (χ4n) is 2.58. The topological polar surface area (TPSA) is 106 Å². The highest BCUT2D eigenvalue weighted by Crippen LogP contribution is 2.24. The summed E-state index contributed by atoms with van der Waals surface area (Å²) < 4.78 is 7.10. The van der Waals surface area contributed by atoms with Gasteiger partial charge in [-0.05, 0) is 27.7 Å². The molecule has 10 heteroatoms. The molecular weight excluding hydrogens is 378 g/mol. The van der Waals surface area contributed by atoms with Gasteiger partial charge in [-0.2, -0.15) is 0 Å². The summed E-state index contributed by atoms with van der Waals surface area (Å²) in [5, 5.41) is 15.4. The largest absolute Gasteiger partial charge is 0.462 e. The Bertz CT molecular complexity index is 800. The number of carbonyl (C=O) groups is 1. The zero-order chi connectivity index (χ0) is 20.5. The first kappa shape index (κ1) is 21.8. The van der Waals surface area contributed by atoms with Gasteiger partial charge in [0.2, 0.25) is 0 Å². The van der Waals surface area contributed by atoms with Crippen molar-refractivity contribution >= 4 is 23.3 Å². The van der Waals surface area contributed by atoms with Crippen LogP contribution in [0.25, 0.3) is 0 Å². The number of nitrogens with zero attached hydrogens (tertiary/aromatic N) is 5. The first-order chi connectivity index (χ1) is 13.5. The molecule has 2 aromatic rings. The number of aryl methyl sites for hydroxylation is 2. The molecule has 0 saturated heterocycles. The van der Waals surface area contributed by atoms with Crippen LogP contribution >= 0.6 is 11.3 Å². The van der Waals surface area contributed by atoms with Gasteiger partial charge in [-0.25, -0.2) is 9.78 Å². The van der Waals surface area contributed by atoms with Gasteiger partial charge in [0.15, 0.2) is 5.96 Å². The third-order valence-electron chi connectivity index (χ3n) is 3.96. The van der Waals surface area contributed by atoms with Gasteiger partial charge in [0, 0.05) is 19.5 Å². The predicted octanol–water partition coefficient (Wildman–Crippen LogP) is 2.10. The molecule has 0 fully saturated rings. The van der Waals surface area contributed by atoms with E-state index < -0.39 is 0 Å². The van der Waals surface area contributed by atoms with E-state index in [0.717, 1.165) is 23.8 Å². The van der Waals surface area contributed by atoms with Crippen molar-refractivity contribution in [3.8, 4) is 0 Å². The Kier molecular flexibility index (Phi) is 8.37. The molecule has 1 unspecified atom stereocenters. The normalized spacial score (nSPS) is 12.7. The summed E-state index contributed by atoms with van der Waals surface area (Å²) in [6, 6.07) is -0.0919. The van der Waals surface area contributed by atoms with Crippen LogP contribution in [-0.2, 0) is 17.7 Å². The summed E-state index contributed by atoms with van der Waals surface area (Å²) in [4.78, 5) is 21.7. The molecule has 0 saturated carbocycles. The van der Waals surface area contributed by atoms with Crippen LogP contribution in [0.5, 0.6) is 0 Å². The predicted molar refractivity (Wildman–Crippen MR) is 110 cm³/mol. The number of ether oxygens (including phenoxy) is 1. The van der Waals surface area contributed by atoms with Crippen molar-refractivity contribution in [2.75, 3.05) is 19.7 Å². The Morgan fingerprint density at radius 3 is 2.86 bits per heavy atom. The zero-order valence-corrected chi connectivity index (χ0v) is 18.0. The average Bonchev–Trinajstić information content (AvgIpc) is 3.28. The van der Waals surface area contributed by atoms with Gasteiger partial charge in [0.05, 0.1) is 24.9 Å². The van der Waals surface area contributed by atoms with Crippen LogP contribution in [0.4, 0.5) is 0 Å². The zero-order valence-electron chi connectivity index (χ0n) is 17.2. The molecule has 0 aromatic carbocycles. The Hall–Kier alpha value is -2.49. The lowest BCUT2D eigenvalue weighted by atomic mass is 10.3. The first-order valence-corrected chi connectivity index (χ1v) is 10.4. The quantitative estimate of drug-likeness (QED) is 0.372. The molecule has 0 aliphatic carbocycles. The number of aliphatic imine (C=N–C) groups is 1. The van der Waals surface area contributed by atoms with E-state index in [9.17, 15) is 4.79 Å². The molecule has 2 heterocycles. The lowest BCUT2D eigenvalue weighted by Crippen LogP contribution is -2.39. The second-order valence-corrected chi connectivity index (χ2v) is 7.14. The van der Waals surface area contributed by atoms with E-state index >= 15 is 0 Å². The summed E-state index contributed by atoms with van der Waals surface area (Å²) in [5.74, 6) is 1.33. The molecule has 1 atom stereocenters. The van der Waals surface area contributed by atoms with Crippen LogP contribution in [0.15, 0.2) is 11.3 Å². The van der Waals surface area contributed by atoms with Crippen molar-refractivity contribution in [2.24, 2.45) is 4.99 Å². The highest BCUT2D eigenvalue weighted by molar-refractivity contribution is 7.13. The maximum atomic E-state index is 12.0. The maximum Gasteiger partial charge on any atom is 0.350 e. The van der Waals surface area contributed by atoms with Crippen LogP contribution in [0, 0.1) is 6.92 Å². The van der Waals surface area contributed by atoms with E-state index in [0.29, 0.717) is 36.2 Å². The Morgan fingerprint density at radius 1 is 1.39 bits per heavy atom. The van der Waals surface area contributed by atoms with E-state index in [1.165, 1.54) is 11.3 Å². The molecule has 0 aliphatic heterocycles. The van der Waals surface area contributed by atoms with Crippen LogP contribution < -0.4 is 10.6 Å². The molecule has 0 amide bonds. The minimum absolute atomic E-state index is 0.0919. The van der Waals surface area contributed by atoms with Crippen molar-refractivity contribution in [3.05, 3.63) is 27.7 Å². The molecule has 28 heavy (non-hydrogen) atoms. The van der Waals surface area contributed by atoms with Crippen LogP contribution in [-0.4, -0.2) is 51.4 Å². The third kappa shape index (κ3) is 5.75. The molecule has 9 nitrogen and oxygen atoms in total. The van der Waals surface area contributed by atoms with Crippen molar-refractivity contribution in [3.63, 3.8) is 0 Å². The van der Waals surface area contributed by atoms with Crippen LogP contribution in [0.1, 0.15) is 59.9 Å². The molecule has 154 valence electrons. The van der Waals surface area contributed by atoms with E-state index in [1.54, 1.807) is 13.3 Å². The van der Waals surface area contributed by atoms with Gasteiger partial charge in [-0.3, -0.25) is 4.99 Å².